The highest BCUT2D eigenvalue weighted by atomic mass is 32.2. The first kappa shape index (κ1) is 26.4. The van der Waals surface area contributed by atoms with Crippen LogP contribution >= 0.6 is 11.8 Å². The molecule has 0 aromatic heterocycles. The maximum Gasteiger partial charge on any atom is 0.262 e. The fourth-order valence-corrected chi connectivity index (χ4v) is 4.98. The Morgan fingerprint density at radius 2 is 1.80 bits per heavy atom. The van der Waals surface area contributed by atoms with Gasteiger partial charge >= 0.3 is 0 Å². The first-order chi connectivity index (χ1) is 16.7. The lowest BCUT2D eigenvalue weighted by atomic mass is 9.95. The van der Waals surface area contributed by atoms with E-state index >= 15 is 0 Å². The van der Waals surface area contributed by atoms with E-state index in [1.807, 2.05) is 32.6 Å². The lowest BCUT2D eigenvalue weighted by Crippen LogP contribution is -2.31. The second kappa shape index (κ2) is 12.0. The molecule has 1 aliphatic heterocycles. The molecule has 1 heterocycles. The van der Waals surface area contributed by atoms with E-state index in [0.29, 0.717) is 16.4 Å². The molecule has 3 amide bonds. The van der Waals surface area contributed by atoms with E-state index in [1.54, 1.807) is 36.4 Å². The summed E-state index contributed by atoms with van der Waals surface area (Å²) in [6.45, 7) is 9.40. The molecule has 3 rings (SSSR count). The van der Waals surface area contributed by atoms with Gasteiger partial charge < -0.3 is 15.5 Å². The molecule has 7 nitrogen and oxygen atoms in total. The summed E-state index contributed by atoms with van der Waals surface area (Å²) in [5.74, 6) is -1.18. The number of nitrogens with one attached hydrogen (secondary N) is 2. The Morgan fingerprint density at radius 3 is 2.43 bits per heavy atom. The van der Waals surface area contributed by atoms with Gasteiger partial charge in [-0.15, -0.1) is 0 Å². The van der Waals surface area contributed by atoms with E-state index in [2.05, 4.69) is 15.6 Å². The number of aliphatic imine (C=N–C) groups is 1. The summed E-state index contributed by atoms with van der Waals surface area (Å²) in [6, 6.07) is 12.4. The predicted octanol–water partition coefficient (Wildman–Crippen LogP) is 4.62. The average molecular weight is 499 g/mol. The highest BCUT2D eigenvalue weighted by Crippen LogP contribution is 2.28. The minimum atomic E-state index is -0.556. The normalized spacial score (nSPS) is 16.1. The van der Waals surface area contributed by atoms with Crippen molar-refractivity contribution in [2.75, 3.05) is 18.4 Å². The van der Waals surface area contributed by atoms with Gasteiger partial charge in [0, 0.05) is 30.8 Å². The fraction of sp³-hybridized carbons (Fsp3) is 0.385. The molecule has 2 aromatic rings. The SMILES string of the molecule is CCN(CC)C1=NC(=O)C(CC(=O)Nc2cccc(C(=O)NC(c3ccc(F)cc3)C(C)C)c2)S1. The standard InChI is InChI=1S/C26H31FN4O3S/c1-5-31(6-2)26-30-25(34)21(35-26)15-22(32)28-20-9-7-8-18(14-20)24(33)29-23(16(3)4)17-10-12-19(27)13-11-17/h7-14,16,21,23H,5-6,15H2,1-4H3,(H,28,32)(H,29,33). The molecule has 0 bridgehead atoms. The molecule has 0 spiro atoms. The molecule has 186 valence electrons. The number of nitrogens with zero attached hydrogens (tertiary/aromatic N) is 2. The van der Waals surface area contributed by atoms with Crippen molar-refractivity contribution in [2.24, 2.45) is 10.9 Å². The summed E-state index contributed by atoms with van der Waals surface area (Å²) in [5, 5.41) is 5.87. The van der Waals surface area contributed by atoms with Gasteiger partial charge in [0.1, 0.15) is 11.1 Å². The molecular formula is C26H31FN4O3S. The van der Waals surface area contributed by atoms with Crippen molar-refractivity contribution in [3.63, 3.8) is 0 Å². The number of benzene rings is 2. The van der Waals surface area contributed by atoms with E-state index in [4.69, 9.17) is 0 Å². The quantitative estimate of drug-likeness (QED) is 0.526. The van der Waals surface area contributed by atoms with Crippen molar-refractivity contribution in [2.45, 2.75) is 45.4 Å². The van der Waals surface area contributed by atoms with Gasteiger partial charge in [-0.25, -0.2) is 4.39 Å². The largest absolute Gasteiger partial charge is 0.352 e. The summed E-state index contributed by atoms with van der Waals surface area (Å²) >= 11 is 1.31. The highest BCUT2D eigenvalue weighted by Gasteiger charge is 2.32. The van der Waals surface area contributed by atoms with E-state index in [9.17, 15) is 18.8 Å². The Bertz CT molecular complexity index is 1100. The van der Waals surface area contributed by atoms with E-state index in [-0.39, 0.29) is 41.9 Å². The molecule has 35 heavy (non-hydrogen) atoms. The van der Waals surface area contributed by atoms with Crippen LogP contribution in [0.3, 0.4) is 0 Å². The van der Waals surface area contributed by atoms with Gasteiger partial charge in [-0.3, -0.25) is 14.4 Å². The van der Waals surface area contributed by atoms with Crippen LogP contribution in [0.1, 0.15) is 56.1 Å². The minimum absolute atomic E-state index is 0.00577. The summed E-state index contributed by atoms with van der Waals surface area (Å²) < 4.78 is 13.3. The van der Waals surface area contributed by atoms with Crippen LogP contribution in [0.25, 0.3) is 0 Å². The number of halogens is 1. The summed E-state index contributed by atoms with van der Waals surface area (Å²) in [4.78, 5) is 43.9. The zero-order valence-corrected chi connectivity index (χ0v) is 21.2. The predicted molar refractivity (Wildman–Crippen MR) is 138 cm³/mol. The van der Waals surface area contributed by atoms with Crippen LogP contribution in [-0.4, -0.2) is 46.1 Å². The monoisotopic (exact) mass is 498 g/mol. The lowest BCUT2D eigenvalue weighted by molar-refractivity contribution is -0.121. The molecule has 9 heteroatoms. The van der Waals surface area contributed by atoms with Crippen LogP contribution in [0.5, 0.6) is 0 Å². The van der Waals surface area contributed by atoms with Crippen LogP contribution in [0, 0.1) is 11.7 Å². The summed E-state index contributed by atoms with van der Waals surface area (Å²) in [6.07, 6.45) is -0.00577. The second-order valence-electron chi connectivity index (χ2n) is 8.59. The zero-order valence-electron chi connectivity index (χ0n) is 20.4. The molecule has 1 aliphatic rings. The Kier molecular flexibility index (Phi) is 9.03. The third-order valence-electron chi connectivity index (χ3n) is 5.72. The third-order valence-corrected chi connectivity index (χ3v) is 6.94. The molecule has 0 saturated heterocycles. The van der Waals surface area contributed by atoms with Crippen molar-refractivity contribution in [1.82, 2.24) is 10.2 Å². The smallest absolute Gasteiger partial charge is 0.262 e. The minimum Gasteiger partial charge on any atom is -0.352 e. The topological polar surface area (TPSA) is 90.9 Å². The number of carbonyl (C=O) groups excluding carboxylic acids is 3. The van der Waals surface area contributed by atoms with Crippen molar-refractivity contribution < 1.29 is 18.8 Å². The van der Waals surface area contributed by atoms with Crippen LogP contribution in [0.2, 0.25) is 0 Å². The molecule has 0 saturated carbocycles. The maximum atomic E-state index is 13.3. The van der Waals surface area contributed by atoms with Crippen molar-refractivity contribution in [3.8, 4) is 0 Å². The molecule has 2 aromatic carbocycles. The Morgan fingerprint density at radius 1 is 1.11 bits per heavy atom. The van der Waals surface area contributed by atoms with E-state index in [0.717, 1.165) is 18.7 Å². The van der Waals surface area contributed by atoms with Crippen LogP contribution in [0.4, 0.5) is 10.1 Å². The molecule has 2 atom stereocenters. The molecule has 2 N–H and O–H groups in total. The van der Waals surface area contributed by atoms with Crippen molar-refractivity contribution >= 4 is 40.3 Å². The van der Waals surface area contributed by atoms with Gasteiger partial charge in [-0.1, -0.05) is 43.8 Å². The average Bonchev–Trinajstić information content (AvgIpc) is 3.18. The van der Waals surface area contributed by atoms with Crippen LogP contribution < -0.4 is 10.6 Å². The highest BCUT2D eigenvalue weighted by molar-refractivity contribution is 8.15. The number of hydrogen-bond donors (Lipinski definition) is 2. The first-order valence-electron chi connectivity index (χ1n) is 11.7. The number of amides is 3. The zero-order chi connectivity index (χ0) is 25.5. The summed E-state index contributed by atoms with van der Waals surface area (Å²) in [7, 11) is 0. The van der Waals surface area contributed by atoms with Crippen molar-refractivity contribution in [1.29, 1.82) is 0 Å². The van der Waals surface area contributed by atoms with Gasteiger partial charge in [-0.2, -0.15) is 4.99 Å². The number of anilines is 1. The second-order valence-corrected chi connectivity index (χ2v) is 9.76. The van der Waals surface area contributed by atoms with E-state index in [1.165, 1.54) is 23.9 Å². The number of rotatable bonds is 9. The Balaban J connectivity index is 1.62. The Hall–Kier alpha value is -3.20. The maximum absolute atomic E-state index is 13.3. The Labute approximate surface area is 209 Å². The van der Waals surface area contributed by atoms with E-state index < -0.39 is 5.25 Å². The van der Waals surface area contributed by atoms with Gasteiger partial charge in [0.2, 0.25) is 5.91 Å². The third kappa shape index (κ3) is 6.91. The molecule has 0 aliphatic carbocycles. The number of thioether (sulfide) groups is 1. The van der Waals surface area contributed by atoms with Gasteiger partial charge in [0.05, 0.1) is 6.04 Å². The van der Waals surface area contributed by atoms with Crippen LogP contribution in [-0.2, 0) is 9.59 Å². The number of carbonyl (C=O) groups is 3. The van der Waals surface area contributed by atoms with Crippen LogP contribution in [0.15, 0.2) is 53.5 Å². The molecule has 0 radical (unpaired) electrons. The van der Waals surface area contributed by atoms with Crippen molar-refractivity contribution in [3.05, 3.63) is 65.5 Å². The lowest BCUT2D eigenvalue weighted by Gasteiger charge is -2.23. The molecule has 0 fully saturated rings. The fourth-order valence-electron chi connectivity index (χ4n) is 3.79. The first-order valence-corrected chi connectivity index (χ1v) is 12.6. The molecule has 2 unspecified atom stereocenters. The van der Waals surface area contributed by atoms with Gasteiger partial charge in [0.25, 0.3) is 11.8 Å². The molecular weight excluding hydrogens is 467 g/mol. The summed E-state index contributed by atoms with van der Waals surface area (Å²) in [5.41, 5.74) is 1.66. The van der Waals surface area contributed by atoms with Gasteiger partial charge in [-0.05, 0) is 55.7 Å². The van der Waals surface area contributed by atoms with Gasteiger partial charge in [0.15, 0.2) is 5.17 Å². The number of amidine groups is 1. The number of hydrogen-bond acceptors (Lipinski definition) is 5.